The Morgan fingerprint density at radius 2 is 1.69 bits per heavy atom. The number of hydrogen-bond acceptors (Lipinski definition) is 5. The molecule has 2 aromatic rings. The molecule has 0 bridgehead atoms. The van der Waals surface area contributed by atoms with E-state index in [0.717, 1.165) is 5.56 Å². The van der Waals surface area contributed by atoms with Gasteiger partial charge in [-0.1, -0.05) is 12.1 Å². The smallest absolute Gasteiger partial charge is 0.341 e. The van der Waals surface area contributed by atoms with Gasteiger partial charge in [0.1, 0.15) is 5.75 Å². The molecular weight excluding hydrogens is 338 g/mol. The fourth-order valence-corrected chi connectivity index (χ4v) is 2.34. The van der Waals surface area contributed by atoms with E-state index in [9.17, 15) is 9.59 Å². The fraction of sp³-hybridized carbons (Fsp3) is 0.263. The van der Waals surface area contributed by atoms with Crippen LogP contribution in [0.1, 0.15) is 28.9 Å². The summed E-state index contributed by atoms with van der Waals surface area (Å²) in [4.78, 5) is 22.9. The highest BCUT2D eigenvalue weighted by Crippen LogP contribution is 2.28. The van der Waals surface area contributed by atoms with Gasteiger partial charge >= 0.3 is 5.97 Å². The van der Waals surface area contributed by atoms with E-state index in [1.54, 1.807) is 42.5 Å². The predicted molar refractivity (Wildman–Crippen MR) is 95.0 cm³/mol. The second-order valence-corrected chi connectivity index (χ2v) is 5.52. The first-order valence-corrected chi connectivity index (χ1v) is 7.92. The number of carboxylic acid groups (broad SMARTS) is 1. The molecule has 2 rings (SSSR count). The van der Waals surface area contributed by atoms with Crippen molar-refractivity contribution < 1.29 is 28.9 Å². The van der Waals surface area contributed by atoms with Gasteiger partial charge in [-0.2, -0.15) is 0 Å². The van der Waals surface area contributed by atoms with Crippen molar-refractivity contribution in [3.05, 3.63) is 53.6 Å². The molecule has 7 heteroatoms. The Labute approximate surface area is 151 Å². The normalized spacial score (nSPS) is 11.3. The molecule has 26 heavy (non-hydrogen) atoms. The average Bonchev–Trinajstić information content (AvgIpc) is 2.65. The van der Waals surface area contributed by atoms with Crippen LogP contribution in [0.15, 0.2) is 42.5 Å². The van der Waals surface area contributed by atoms with E-state index in [-0.39, 0.29) is 11.9 Å². The molecule has 0 aliphatic rings. The summed E-state index contributed by atoms with van der Waals surface area (Å²) in [5.41, 5.74) is 1.32. The van der Waals surface area contributed by atoms with Gasteiger partial charge in [0.2, 0.25) is 0 Å². The summed E-state index contributed by atoms with van der Waals surface area (Å²) in [5, 5.41) is 11.5. The highest BCUT2D eigenvalue weighted by molar-refractivity contribution is 5.95. The monoisotopic (exact) mass is 359 g/mol. The zero-order valence-corrected chi connectivity index (χ0v) is 14.8. The molecule has 0 aliphatic heterocycles. The van der Waals surface area contributed by atoms with Crippen molar-refractivity contribution in [2.45, 2.75) is 13.0 Å². The number of amides is 1. The van der Waals surface area contributed by atoms with Gasteiger partial charge in [-0.05, 0) is 42.8 Å². The van der Waals surface area contributed by atoms with E-state index in [2.05, 4.69) is 5.32 Å². The molecule has 0 heterocycles. The Morgan fingerprint density at radius 1 is 1.04 bits per heavy atom. The molecule has 0 saturated heterocycles. The van der Waals surface area contributed by atoms with Crippen molar-refractivity contribution in [3.63, 3.8) is 0 Å². The Bertz CT molecular complexity index is 772. The second-order valence-electron chi connectivity index (χ2n) is 5.52. The van der Waals surface area contributed by atoms with E-state index >= 15 is 0 Å². The Hall–Kier alpha value is -3.22. The zero-order valence-electron chi connectivity index (χ0n) is 14.8. The lowest BCUT2D eigenvalue weighted by Gasteiger charge is -2.16. The first-order chi connectivity index (χ1) is 12.4. The number of rotatable bonds is 8. The summed E-state index contributed by atoms with van der Waals surface area (Å²) in [7, 11) is 3.04. The van der Waals surface area contributed by atoms with Crippen LogP contribution in [0.4, 0.5) is 0 Å². The van der Waals surface area contributed by atoms with Crippen LogP contribution >= 0.6 is 0 Å². The van der Waals surface area contributed by atoms with Crippen molar-refractivity contribution in [2.24, 2.45) is 0 Å². The summed E-state index contributed by atoms with van der Waals surface area (Å²) < 4.78 is 15.5. The Morgan fingerprint density at radius 3 is 2.27 bits per heavy atom. The third-order valence-corrected chi connectivity index (χ3v) is 3.74. The molecule has 2 N–H and O–H groups in total. The van der Waals surface area contributed by atoms with Gasteiger partial charge in [-0.15, -0.1) is 0 Å². The number of carboxylic acids is 1. The molecule has 2 aromatic carbocycles. The van der Waals surface area contributed by atoms with E-state index in [0.29, 0.717) is 22.8 Å². The maximum Gasteiger partial charge on any atom is 0.341 e. The maximum absolute atomic E-state index is 12.4. The van der Waals surface area contributed by atoms with Crippen molar-refractivity contribution in [1.29, 1.82) is 0 Å². The standard InChI is InChI=1S/C19H21NO6/c1-12(13-4-7-15(8-5-13)26-11-18(21)22)20-19(23)14-6-9-16(24-2)17(10-14)25-3/h4-10,12H,11H2,1-3H3,(H,20,23)(H,21,22). The van der Waals surface area contributed by atoms with Gasteiger partial charge in [-0.3, -0.25) is 4.79 Å². The Kier molecular flexibility index (Phi) is 6.43. The molecule has 1 amide bonds. The van der Waals surface area contributed by atoms with E-state index in [4.69, 9.17) is 19.3 Å². The molecule has 1 atom stereocenters. The van der Waals surface area contributed by atoms with Gasteiger partial charge < -0.3 is 24.6 Å². The predicted octanol–water partition coefficient (Wildman–Crippen LogP) is 2.66. The van der Waals surface area contributed by atoms with Crippen molar-refractivity contribution in [1.82, 2.24) is 5.32 Å². The van der Waals surface area contributed by atoms with Gasteiger partial charge in [-0.25, -0.2) is 4.79 Å². The van der Waals surface area contributed by atoms with Crippen LogP contribution in [0.3, 0.4) is 0 Å². The SMILES string of the molecule is COc1ccc(C(=O)NC(C)c2ccc(OCC(=O)O)cc2)cc1OC. The minimum Gasteiger partial charge on any atom is -0.493 e. The third-order valence-electron chi connectivity index (χ3n) is 3.74. The molecule has 0 aliphatic carbocycles. The van der Waals surface area contributed by atoms with Crippen LogP contribution in [-0.2, 0) is 4.79 Å². The number of benzene rings is 2. The summed E-state index contributed by atoms with van der Waals surface area (Å²) in [6.07, 6.45) is 0. The quantitative estimate of drug-likeness (QED) is 0.753. The number of methoxy groups -OCH3 is 2. The number of ether oxygens (including phenoxy) is 3. The van der Waals surface area contributed by atoms with Crippen LogP contribution in [0, 0.1) is 0 Å². The largest absolute Gasteiger partial charge is 0.493 e. The van der Waals surface area contributed by atoms with Crippen LogP contribution in [0.5, 0.6) is 17.2 Å². The van der Waals surface area contributed by atoms with E-state index in [1.807, 2.05) is 6.92 Å². The summed E-state index contributed by atoms with van der Waals surface area (Å²) in [5.74, 6) is 0.200. The molecule has 0 radical (unpaired) electrons. The lowest BCUT2D eigenvalue weighted by molar-refractivity contribution is -0.139. The van der Waals surface area contributed by atoms with E-state index in [1.165, 1.54) is 14.2 Å². The second kappa shape index (κ2) is 8.75. The lowest BCUT2D eigenvalue weighted by Crippen LogP contribution is -2.26. The minimum absolute atomic E-state index is 0.246. The van der Waals surface area contributed by atoms with Crippen LogP contribution < -0.4 is 19.5 Å². The first kappa shape index (κ1) is 19.1. The minimum atomic E-state index is -1.04. The molecule has 138 valence electrons. The average molecular weight is 359 g/mol. The maximum atomic E-state index is 12.4. The molecule has 7 nitrogen and oxygen atoms in total. The number of carbonyl (C=O) groups excluding carboxylic acids is 1. The molecule has 0 spiro atoms. The summed E-state index contributed by atoms with van der Waals surface area (Å²) in [6.45, 7) is 1.46. The lowest BCUT2D eigenvalue weighted by atomic mass is 10.1. The van der Waals surface area contributed by atoms with Gasteiger partial charge in [0.05, 0.1) is 20.3 Å². The molecular formula is C19H21NO6. The van der Waals surface area contributed by atoms with Crippen LogP contribution in [0.25, 0.3) is 0 Å². The summed E-state index contributed by atoms with van der Waals surface area (Å²) in [6, 6.07) is 11.6. The topological polar surface area (TPSA) is 94.1 Å². The van der Waals surface area contributed by atoms with Crippen molar-refractivity contribution in [2.75, 3.05) is 20.8 Å². The number of hydrogen-bond donors (Lipinski definition) is 2. The highest BCUT2D eigenvalue weighted by Gasteiger charge is 2.14. The third kappa shape index (κ3) is 4.89. The molecule has 1 unspecified atom stereocenters. The number of carbonyl (C=O) groups is 2. The highest BCUT2D eigenvalue weighted by atomic mass is 16.5. The molecule has 0 saturated carbocycles. The van der Waals surface area contributed by atoms with Gasteiger partial charge in [0.25, 0.3) is 5.91 Å². The van der Waals surface area contributed by atoms with Gasteiger partial charge in [0, 0.05) is 5.56 Å². The molecule has 0 fully saturated rings. The van der Waals surface area contributed by atoms with Crippen molar-refractivity contribution >= 4 is 11.9 Å². The zero-order chi connectivity index (χ0) is 19.1. The fourth-order valence-electron chi connectivity index (χ4n) is 2.34. The molecule has 0 aromatic heterocycles. The van der Waals surface area contributed by atoms with Crippen molar-refractivity contribution in [3.8, 4) is 17.2 Å². The van der Waals surface area contributed by atoms with Crippen LogP contribution in [0.2, 0.25) is 0 Å². The van der Waals surface area contributed by atoms with Crippen LogP contribution in [-0.4, -0.2) is 37.8 Å². The first-order valence-electron chi connectivity index (χ1n) is 7.92. The summed E-state index contributed by atoms with van der Waals surface area (Å²) >= 11 is 0. The van der Waals surface area contributed by atoms with Gasteiger partial charge in [0.15, 0.2) is 18.1 Å². The number of nitrogens with one attached hydrogen (secondary N) is 1. The van der Waals surface area contributed by atoms with E-state index < -0.39 is 12.6 Å². The number of aliphatic carboxylic acids is 1. The Balaban J connectivity index is 2.03.